The van der Waals surface area contributed by atoms with Crippen molar-refractivity contribution in [3.05, 3.63) is 22.4 Å². The van der Waals surface area contributed by atoms with E-state index in [-0.39, 0.29) is 5.54 Å². The topological polar surface area (TPSA) is 29.3 Å². The molecule has 1 saturated carbocycles. The van der Waals surface area contributed by atoms with Crippen molar-refractivity contribution in [1.29, 1.82) is 0 Å². The van der Waals surface area contributed by atoms with Gasteiger partial charge in [0, 0.05) is 29.5 Å². The quantitative estimate of drug-likeness (QED) is 0.900. The summed E-state index contributed by atoms with van der Waals surface area (Å²) in [5.74, 6) is 2.57. The Hall–Kier alpha value is -0.0300. The lowest BCUT2D eigenvalue weighted by Crippen LogP contribution is -2.56. The number of thioether (sulfide) groups is 1. The summed E-state index contributed by atoms with van der Waals surface area (Å²) >= 11 is 3.97. The molecular formula is C14H22N2S2. The van der Waals surface area contributed by atoms with E-state index in [1.54, 1.807) is 0 Å². The van der Waals surface area contributed by atoms with Gasteiger partial charge in [-0.15, -0.1) is 11.3 Å². The molecule has 1 aromatic heterocycles. The van der Waals surface area contributed by atoms with Gasteiger partial charge in [-0.3, -0.25) is 4.90 Å². The highest BCUT2D eigenvalue weighted by atomic mass is 32.2. The SMILES string of the molecule is NCC1(N(Cc2cccs2)C2CC2)CCSCC1. The second-order valence-corrected chi connectivity index (χ2v) is 7.74. The number of thiophene rings is 1. The lowest BCUT2D eigenvalue weighted by molar-refractivity contribution is 0.0686. The van der Waals surface area contributed by atoms with Gasteiger partial charge in [-0.25, -0.2) is 0 Å². The van der Waals surface area contributed by atoms with Crippen LogP contribution in [0.5, 0.6) is 0 Å². The summed E-state index contributed by atoms with van der Waals surface area (Å²) in [7, 11) is 0. The number of hydrogen-bond acceptors (Lipinski definition) is 4. The average Bonchev–Trinajstić information content (AvgIpc) is 3.13. The van der Waals surface area contributed by atoms with Gasteiger partial charge in [-0.1, -0.05) is 6.07 Å². The predicted molar refractivity (Wildman–Crippen MR) is 81.2 cm³/mol. The van der Waals surface area contributed by atoms with Gasteiger partial charge < -0.3 is 5.73 Å². The molecule has 4 heteroatoms. The Kier molecular flexibility index (Phi) is 3.99. The molecule has 0 aromatic carbocycles. The highest BCUT2D eigenvalue weighted by Gasteiger charge is 2.44. The minimum Gasteiger partial charge on any atom is -0.329 e. The first kappa shape index (κ1) is 13.0. The lowest BCUT2D eigenvalue weighted by Gasteiger charge is -2.46. The van der Waals surface area contributed by atoms with Gasteiger partial charge in [0.15, 0.2) is 0 Å². The van der Waals surface area contributed by atoms with E-state index in [9.17, 15) is 0 Å². The third kappa shape index (κ3) is 2.62. The zero-order valence-corrected chi connectivity index (χ0v) is 12.4. The molecule has 2 nitrogen and oxygen atoms in total. The summed E-state index contributed by atoms with van der Waals surface area (Å²) in [6, 6.07) is 5.23. The van der Waals surface area contributed by atoms with E-state index >= 15 is 0 Å². The molecular weight excluding hydrogens is 260 g/mol. The van der Waals surface area contributed by atoms with Crippen LogP contribution in [0, 0.1) is 0 Å². The summed E-state index contributed by atoms with van der Waals surface area (Å²) in [5, 5.41) is 2.19. The van der Waals surface area contributed by atoms with Crippen LogP contribution in [0.1, 0.15) is 30.6 Å². The molecule has 0 radical (unpaired) electrons. The lowest BCUT2D eigenvalue weighted by atomic mass is 9.89. The fourth-order valence-corrected chi connectivity index (χ4v) is 4.96. The molecule has 0 amide bonds. The van der Waals surface area contributed by atoms with Crippen LogP contribution in [0.2, 0.25) is 0 Å². The summed E-state index contributed by atoms with van der Waals surface area (Å²) < 4.78 is 0. The van der Waals surface area contributed by atoms with Gasteiger partial charge in [0.25, 0.3) is 0 Å². The molecule has 0 spiro atoms. The molecule has 0 unspecified atom stereocenters. The van der Waals surface area contributed by atoms with E-state index in [1.165, 1.54) is 42.1 Å². The van der Waals surface area contributed by atoms with Crippen molar-refractivity contribution in [2.45, 2.75) is 43.8 Å². The normalized spacial score (nSPS) is 23.4. The second kappa shape index (κ2) is 5.53. The largest absolute Gasteiger partial charge is 0.329 e. The van der Waals surface area contributed by atoms with E-state index in [2.05, 4.69) is 34.2 Å². The van der Waals surface area contributed by atoms with Gasteiger partial charge in [-0.05, 0) is 48.6 Å². The second-order valence-electron chi connectivity index (χ2n) is 5.48. The van der Waals surface area contributed by atoms with Crippen molar-refractivity contribution >= 4 is 23.1 Å². The molecule has 0 bridgehead atoms. The maximum absolute atomic E-state index is 6.19. The van der Waals surface area contributed by atoms with Crippen molar-refractivity contribution in [3.63, 3.8) is 0 Å². The number of rotatable bonds is 5. The molecule has 2 N–H and O–H groups in total. The van der Waals surface area contributed by atoms with E-state index in [4.69, 9.17) is 5.73 Å². The van der Waals surface area contributed by atoms with Crippen LogP contribution < -0.4 is 5.73 Å². The van der Waals surface area contributed by atoms with Gasteiger partial charge in [0.1, 0.15) is 0 Å². The van der Waals surface area contributed by atoms with E-state index < -0.39 is 0 Å². The highest BCUT2D eigenvalue weighted by molar-refractivity contribution is 7.99. The summed E-state index contributed by atoms with van der Waals surface area (Å²) in [6.45, 7) is 1.94. The fraction of sp³-hybridized carbons (Fsp3) is 0.714. The Labute approximate surface area is 118 Å². The smallest absolute Gasteiger partial charge is 0.0354 e. The van der Waals surface area contributed by atoms with E-state index in [0.717, 1.165) is 19.1 Å². The van der Waals surface area contributed by atoms with Crippen LogP contribution in [-0.4, -0.2) is 34.5 Å². The van der Waals surface area contributed by atoms with Crippen molar-refractivity contribution in [2.24, 2.45) is 5.73 Å². The van der Waals surface area contributed by atoms with Gasteiger partial charge in [0.2, 0.25) is 0 Å². The molecule has 2 heterocycles. The van der Waals surface area contributed by atoms with Crippen molar-refractivity contribution in [1.82, 2.24) is 4.90 Å². The first-order valence-corrected chi connectivity index (χ1v) is 8.94. The Morgan fingerprint density at radius 3 is 2.67 bits per heavy atom. The molecule has 1 aromatic rings. The summed E-state index contributed by atoms with van der Waals surface area (Å²) in [6.07, 6.45) is 5.30. The minimum absolute atomic E-state index is 0.288. The van der Waals surface area contributed by atoms with E-state index in [1.807, 2.05) is 11.3 Å². The minimum atomic E-state index is 0.288. The van der Waals surface area contributed by atoms with Gasteiger partial charge >= 0.3 is 0 Å². The fourth-order valence-electron chi connectivity index (χ4n) is 3.00. The van der Waals surface area contributed by atoms with Crippen LogP contribution in [0.3, 0.4) is 0 Å². The predicted octanol–water partition coefficient (Wildman–Crippen LogP) is 2.94. The molecule has 18 heavy (non-hydrogen) atoms. The van der Waals surface area contributed by atoms with Crippen molar-refractivity contribution in [3.8, 4) is 0 Å². The first-order chi connectivity index (χ1) is 8.84. The standard InChI is InChI=1S/C14H22N2S2/c15-11-14(5-8-17-9-6-14)16(12-3-4-12)10-13-2-1-7-18-13/h1-2,7,12H,3-6,8-11,15H2. The number of nitrogens with zero attached hydrogens (tertiary/aromatic N) is 1. The molecule has 2 fully saturated rings. The summed E-state index contributed by atoms with van der Waals surface area (Å²) in [5.41, 5.74) is 6.47. The van der Waals surface area contributed by atoms with Crippen LogP contribution in [0.15, 0.2) is 17.5 Å². The molecule has 0 atom stereocenters. The van der Waals surface area contributed by atoms with Crippen molar-refractivity contribution < 1.29 is 0 Å². The molecule has 1 saturated heterocycles. The third-order valence-electron chi connectivity index (χ3n) is 4.31. The molecule has 2 aliphatic rings. The Bertz CT molecular complexity index is 367. The molecule has 100 valence electrons. The first-order valence-electron chi connectivity index (χ1n) is 6.91. The van der Waals surface area contributed by atoms with E-state index in [0.29, 0.717) is 0 Å². The summed E-state index contributed by atoms with van der Waals surface area (Å²) in [4.78, 5) is 4.24. The van der Waals surface area contributed by atoms with Crippen LogP contribution in [0.4, 0.5) is 0 Å². The highest BCUT2D eigenvalue weighted by Crippen LogP contribution is 2.40. The van der Waals surface area contributed by atoms with Crippen LogP contribution >= 0.6 is 23.1 Å². The van der Waals surface area contributed by atoms with Crippen LogP contribution in [0.25, 0.3) is 0 Å². The third-order valence-corrected chi connectivity index (χ3v) is 6.15. The monoisotopic (exact) mass is 282 g/mol. The Morgan fingerprint density at radius 1 is 1.33 bits per heavy atom. The maximum atomic E-state index is 6.19. The zero-order valence-electron chi connectivity index (χ0n) is 10.8. The van der Waals surface area contributed by atoms with Gasteiger partial charge in [-0.2, -0.15) is 11.8 Å². The van der Waals surface area contributed by atoms with Gasteiger partial charge in [0.05, 0.1) is 0 Å². The molecule has 1 aliphatic carbocycles. The average molecular weight is 282 g/mol. The van der Waals surface area contributed by atoms with Crippen molar-refractivity contribution in [2.75, 3.05) is 18.1 Å². The zero-order chi connectivity index (χ0) is 12.4. The Morgan fingerprint density at radius 2 is 2.11 bits per heavy atom. The number of nitrogens with two attached hydrogens (primary N) is 1. The molecule has 3 rings (SSSR count). The number of hydrogen-bond donors (Lipinski definition) is 1. The Balaban J connectivity index is 1.78. The van der Waals surface area contributed by atoms with Crippen LogP contribution in [-0.2, 0) is 6.54 Å². The maximum Gasteiger partial charge on any atom is 0.0354 e. The molecule has 1 aliphatic heterocycles.